The van der Waals surface area contributed by atoms with E-state index in [1.807, 2.05) is 36.0 Å². The molecule has 2 unspecified atom stereocenters. The van der Waals surface area contributed by atoms with Crippen molar-refractivity contribution >= 4 is 11.8 Å². The van der Waals surface area contributed by atoms with Crippen LogP contribution in [0.2, 0.25) is 0 Å². The van der Waals surface area contributed by atoms with Crippen molar-refractivity contribution < 1.29 is 14.6 Å². The first kappa shape index (κ1) is 12.7. The Balaban J connectivity index is 1.99. The molecule has 1 aromatic carbocycles. The molecular formula is C13H18O3S. The van der Waals surface area contributed by atoms with E-state index in [2.05, 4.69) is 0 Å². The number of thioether (sulfide) groups is 1. The van der Waals surface area contributed by atoms with Gasteiger partial charge in [0.15, 0.2) is 0 Å². The van der Waals surface area contributed by atoms with Crippen LogP contribution in [0.4, 0.5) is 0 Å². The van der Waals surface area contributed by atoms with Crippen LogP contribution >= 0.6 is 11.8 Å². The van der Waals surface area contributed by atoms with Gasteiger partial charge in [-0.1, -0.05) is 18.2 Å². The zero-order valence-electron chi connectivity index (χ0n) is 9.96. The van der Waals surface area contributed by atoms with Crippen LogP contribution in [0.15, 0.2) is 24.3 Å². The van der Waals surface area contributed by atoms with E-state index in [4.69, 9.17) is 9.47 Å². The highest BCUT2D eigenvalue weighted by atomic mass is 32.2. The molecule has 1 aromatic rings. The summed E-state index contributed by atoms with van der Waals surface area (Å²) in [6.45, 7) is 0.734. The minimum atomic E-state index is -0.459. The van der Waals surface area contributed by atoms with Crippen molar-refractivity contribution in [1.29, 1.82) is 0 Å². The molecule has 1 aliphatic heterocycles. The summed E-state index contributed by atoms with van der Waals surface area (Å²) in [4.78, 5) is 0. The van der Waals surface area contributed by atoms with Crippen LogP contribution in [0, 0.1) is 0 Å². The topological polar surface area (TPSA) is 38.7 Å². The van der Waals surface area contributed by atoms with Crippen LogP contribution < -0.4 is 4.74 Å². The Morgan fingerprint density at radius 1 is 1.53 bits per heavy atom. The molecule has 0 aromatic heterocycles. The Bertz CT molecular complexity index is 350. The molecule has 1 heterocycles. The Labute approximate surface area is 106 Å². The largest absolute Gasteiger partial charge is 0.496 e. The molecule has 2 rings (SSSR count). The third-order valence-electron chi connectivity index (χ3n) is 2.89. The molecule has 0 bridgehead atoms. The zero-order chi connectivity index (χ0) is 12.1. The number of hydrogen-bond acceptors (Lipinski definition) is 4. The van der Waals surface area contributed by atoms with E-state index in [-0.39, 0.29) is 6.10 Å². The van der Waals surface area contributed by atoms with Gasteiger partial charge in [-0.3, -0.25) is 0 Å². The van der Waals surface area contributed by atoms with Crippen LogP contribution in [-0.4, -0.2) is 42.5 Å². The molecule has 1 aliphatic rings. The fourth-order valence-electron chi connectivity index (χ4n) is 1.96. The SMILES string of the molecule is COc1ccccc1CC(O)C1CSCCO1. The maximum atomic E-state index is 10.2. The Hall–Kier alpha value is -0.710. The van der Waals surface area contributed by atoms with Gasteiger partial charge in [0.2, 0.25) is 0 Å². The second-order valence-electron chi connectivity index (χ2n) is 4.07. The number of rotatable bonds is 4. The van der Waals surface area contributed by atoms with Gasteiger partial charge in [0, 0.05) is 17.9 Å². The standard InChI is InChI=1S/C13H18O3S/c1-15-12-5-3-2-4-10(12)8-11(14)13-9-17-7-6-16-13/h2-5,11,13-14H,6-9H2,1H3. The highest BCUT2D eigenvalue weighted by Gasteiger charge is 2.23. The summed E-state index contributed by atoms with van der Waals surface area (Å²) >= 11 is 1.84. The molecular weight excluding hydrogens is 236 g/mol. The fourth-order valence-corrected chi connectivity index (χ4v) is 2.89. The number of hydrogen-bond donors (Lipinski definition) is 1. The Kier molecular flexibility index (Phi) is 4.71. The Morgan fingerprint density at radius 3 is 3.06 bits per heavy atom. The van der Waals surface area contributed by atoms with Crippen molar-refractivity contribution in [2.24, 2.45) is 0 Å². The minimum absolute atomic E-state index is 0.0568. The minimum Gasteiger partial charge on any atom is -0.496 e. The first-order valence-electron chi connectivity index (χ1n) is 5.80. The summed E-state index contributed by atoms with van der Waals surface area (Å²) < 4.78 is 10.9. The van der Waals surface area contributed by atoms with E-state index in [1.165, 1.54) is 0 Å². The highest BCUT2D eigenvalue weighted by molar-refractivity contribution is 7.99. The van der Waals surface area contributed by atoms with Crippen LogP contribution in [0.3, 0.4) is 0 Å². The van der Waals surface area contributed by atoms with E-state index < -0.39 is 6.10 Å². The van der Waals surface area contributed by atoms with Gasteiger partial charge in [-0.2, -0.15) is 11.8 Å². The van der Waals surface area contributed by atoms with Gasteiger partial charge >= 0.3 is 0 Å². The second kappa shape index (κ2) is 6.28. The van der Waals surface area contributed by atoms with Crippen LogP contribution in [-0.2, 0) is 11.2 Å². The van der Waals surface area contributed by atoms with E-state index in [9.17, 15) is 5.11 Å². The van der Waals surface area contributed by atoms with E-state index in [0.717, 1.165) is 29.4 Å². The summed E-state index contributed by atoms with van der Waals surface area (Å²) in [5.74, 6) is 2.73. The van der Waals surface area contributed by atoms with Crippen molar-refractivity contribution in [3.05, 3.63) is 29.8 Å². The van der Waals surface area contributed by atoms with Gasteiger partial charge in [-0.15, -0.1) is 0 Å². The number of benzene rings is 1. The van der Waals surface area contributed by atoms with Crippen molar-refractivity contribution in [3.63, 3.8) is 0 Å². The monoisotopic (exact) mass is 254 g/mol. The highest BCUT2D eigenvalue weighted by Crippen LogP contribution is 2.22. The second-order valence-corrected chi connectivity index (χ2v) is 5.22. The fraction of sp³-hybridized carbons (Fsp3) is 0.538. The smallest absolute Gasteiger partial charge is 0.122 e. The first-order chi connectivity index (χ1) is 8.31. The van der Waals surface area contributed by atoms with Crippen molar-refractivity contribution in [2.45, 2.75) is 18.6 Å². The average molecular weight is 254 g/mol. The van der Waals surface area contributed by atoms with E-state index >= 15 is 0 Å². The van der Waals surface area contributed by atoms with Gasteiger partial charge in [0.05, 0.1) is 25.9 Å². The normalized spacial score (nSPS) is 22.1. The average Bonchev–Trinajstić information content (AvgIpc) is 2.40. The number of para-hydroxylation sites is 1. The van der Waals surface area contributed by atoms with Gasteiger partial charge in [0.25, 0.3) is 0 Å². The van der Waals surface area contributed by atoms with Crippen molar-refractivity contribution in [2.75, 3.05) is 25.2 Å². The lowest BCUT2D eigenvalue weighted by Crippen LogP contribution is -2.36. The molecule has 2 atom stereocenters. The summed E-state index contributed by atoms with van der Waals surface area (Å²) in [6.07, 6.45) is 0.0627. The summed E-state index contributed by atoms with van der Waals surface area (Å²) in [7, 11) is 1.65. The maximum absolute atomic E-state index is 10.2. The molecule has 1 N–H and O–H groups in total. The van der Waals surface area contributed by atoms with Gasteiger partial charge in [0.1, 0.15) is 5.75 Å². The number of methoxy groups -OCH3 is 1. The molecule has 3 nitrogen and oxygen atoms in total. The molecule has 94 valence electrons. The lowest BCUT2D eigenvalue weighted by molar-refractivity contribution is -0.0209. The number of aliphatic hydroxyl groups is 1. The predicted octanol–water partition coefficient (Wildman–Crippen LogP) is 1.73. The molecule has 1 saturated heterocycles. The molecule has 0 radical (unpaired) electrons. The number of ether oxygens (including phenoxy) is 2. The van der Waals surface area contributed by atoms with Crippen LogP contribution in [0.25, 0.3) is 0 Å². The third-order valence-corrected chi connectivity index (χ3v) is 3.91. The van der Waals surface area contributed by atoms with Crippen molar-refractivity contribution in [3.8, 4) is 5.75 Å². The predicted molar refractivity (Wildman–Crippen MR) is 69.8 cm³/mol. The molecule has 4 heteroatoms. The maximum Gasteiger partial charge on any atom is 0.122 e. The van der Waals surface area contributed by atoms with E-state index in [1.54, 1.807) is 7.11 Å². The molecule has 0 saturated carbocycles. The Morgan fingerprint density at radius 2 is 2.35 bits per heavy atom. The van der Waals surface area contributed by atoms with Gasteiger partial charge in [-0.05, 0) is 11.6 Å². The van der Waals surface area contributed by atoms with Crippen molar-refractivity contribution in [1.82, 2.24) is 0 Å². The van der Waals surface area contributed by atoms with Crippen LogP contribution in [0.5, 0.6) is 5.75 Å². The van der Waals surface area contributed by atoms with Gasteiger partial charge in [-0.25, -0.2) is 0 Å². The molecule has 0 amide bonds. The first-order valence-corrected chi connectivity index (χ1v) is 6.96. The molecule has 17 heavy (non-hydrogen) atoms. The lowest BCUT2D eigenvalue weighted by atomic mass is 10.0. The number of aliphatic hydroxyl groups excluding tert-OH is 1. The van der Waals surface area contributed by atoms with Gasteiger partial charge < -0.3 is 14.6 Å². The summed E-state index contributed by atoms with van der Waals surface area (Å²) in [5, 5.41) is 10.2. The zero-order valence-corrected chi connectivity index (χ0v) is 10.8. The van der Waals surface area contributed by atoms with Crippen LogP contribution in [0.1, 0.15) is 5.56 Å². The quantitative estimate of drug-likeness (QED) is 0.888. The summed E-state index contributed by atoms with van der Waals surface area (Å²) in [6, 6.07) is 7.79. The molecule has 1 fully saturated rings. The van der Waals surface area contributed by atoms with E-state index in [0.29, 0.717) is 6.42 Å². The summed E-state index contributed by atoms with van der Waals surface area (Å²) in [5.41, 5.74) is 1.03. The third kappa shape index (κ3) is 3.37. The molecule has 0 spiro atoms. The lowest BCUT2D eigenvalue weighted by Gasteiger charge is -2.27. The molecule has 0 aliphatic carbocycles.